The molecule has 0 bridgehead atoms. The summed E-state index contributed by atoms with van der Waals surface area (Å²) in [5.41, 5.74) is 19.6. The van der Waals surface area contributed by atoms with Crippen molar-refractivity contribution in [3.8, 4) is 56.0 Å². The number of allylic oxidation sites excluding steroid dienone is 4. The molecule has 334 valence electrons. The van der Waals surface area contributed by atoms with Crippen LogP contribution in [0.5, 0.6) is 11.5 Å². The maximum atomic E-state index is 7.21. The SMILES string of the molecule is C1=CC(c2ccc(N(c3cccc(-c4ccc5c(c4)-c4ccccc4C54c5ccc6ccccc6c5Oc5c4ccc4ccccc54)c3)c3ccc(-c4ccccc4)c(-c4ccccc4)c3)cc2)=CCC1. The maximum absolute atomic E-state index is 7.21. The highest BCUT2D eigenvalue weighted by atomic mass is 16.5. The van der Waals surface area contributed by atoms with Crippen molar-refractivity contribution in [2.24, 2.45) is 0 Å². The molecule has 0 saturated carbocycles. The summed E-state index contributed by atoms with van der Waals surface area (Å²) in [6.07, 6.45) is 9.06. The quantitative estimate of drug-likeness (QED) is 0.158. The van der Waals surface area contributed by atoms with Crippen molar-refractivity contribution in [1.82, 2.24) is 0 Å². The highest BCUT2D eigenvalue weighted by Crippen LogP contribution is 2.64. The van der Waals surface area contributed by atoms with Crippen molar-refractivity contribution in [2.45, 2.75) is 18.3 Å². The zero-order valence-electron chi connectivity index (χ0n) is 39.1. The van der Waals surface area contributed by atoms with Crippen LogP contribution in [0.3, 0.4) is 0 Å². The second-order valence-corrected chi connectivity index (χ2v) is 19.0. The number of fused-ring (bicyclic) bond motifs is 13. The molecular formula is C69H47NO. The number of benzene rings is 11. The monoisotopic (exact) mass is 905 g/mol. The Balaban J connectivity index is 0.945. The van der Waals surface area contributed by atoms with Gasteiger partial charge in [-0.05, 0) is 133 Å². The third-order valence-electron chi connectivity index (χ3n) is 15.1. The molecule has 0 unspecified atom stereocenters. The lowest BCUT2D eigenvalue weighted by atomic mass is 9.65. The molecule has 0 fully saturated rings. The lowest BCUT2D eigenvalue weighted by molar-refractivity contribution is 0.447. The number of nitrogens with zero attached hydrogens (tertiary/aromatic N) is 1. The van der Waals surface area contributed by atoms with Crippen molar-refractivity contribution in [3.63, 3.8) is 0 Å². The molecule has 14 rings (SSSR count). The van der Waals surface area contributed by atoms with Gasteiger partial charge in [-0.15, -0.1) is 0 Å². The Kier molecular flexibility index (Phi) is 9.60. The minimum absolute atomic E-state index is 0.599. The Labute approximate surface area is 414 Å². The highest BCUT2D eigenvalue weighted by Gasteiger charge is 2.51. The van der Waals surface area contributed by atoms with Crippen LogP contribution in [0.2, 0.25) is 0 Å². The van der Waals surface area contributed by atoms with Crippen LogP contribution >= 0.6 is 0 Å². The first-order valence-corrected chi connectivity index (χ1v) is 24.8. The summed E-state index contributed by atoms with van der Waals surface area (Å²) in [7, 11) is 0. The Hall–Kier alpha value is -8.98. The van der Waals surface area contributed by atoms with E-state index in [0.29, 0.717) is 0 Å². The molecule has 2 aliphatic carbocycles. The van der Waals surface area contributed by atoms with E-state index < -0.39 is 5.41 Å². The van der Waals surface area contributed by atoms with Crippen molar-refractivity contribution >= 4 is 44.2 Å². The molecule has 0 aromatic heterocycles. The van der Waals surface area contributed by atoms with Crippen LogP contribution in [0, 0.1) is 0 Å². The van der Waals surface area contributed by atoms with Crippen LogP contribution in [0.1, 0.15) is 40.7 Å². The summed E-state index contributed by atoms with van der Waals surface area (Å²) in [5, 5.41) is 4.57. The van der Waals surface area contributed by atoms with Gasteiger partial charge in [-0.2, -0.15) is 0 Å². The average Bonchev–Trinajstić information content (AvgIpc) is 3.74. The fourth-order valence-electron chi connectivity index (χ4n) is 11.9. The Morgan fingerprint density at radius 2 is 0.901 bits per heavy atom. The predicted octanol–water partition coefficient (Wildman–Crippen LogP) is 18.7. The predicted molar refractivity (Wildman–Crippen MR) is 296 cm³/mol. The van der Waals surface area contributed by atoms with Gasteiger partial charge in [0.2, 0.25) is 0 Å². The van der Waals surface area contributed by atoms with Gasteiger partial charge in [0.05, 0.1) is 5.41 Å². The second kappa shape index (κ2) is 16.6. The number of hydrogen-bond donors (Lipinski definition) is 0. The smallest absolute Gasteiger partial charge is 0.140 e. The normalized spacial score (nSPS) is 13.8. The summed E-state index contributed by atoms with van der Waals surface area (Å²) >= 11 is 0. The van der Waals surface area contributed by atoms with Crippen molar-refractivity contribution in [2.75, 3.05) is 4.90 Å². The average molecular weight is 906 g/mol. The van der Waals surface area contributed by atoms with Crippen LogP contribution in [0.4, 0.5) is 17.1 Å². The molecule has 11 aromatic carbocycles. The zero-order valence-corrected chi connectivity index (χ0v) is 39.1. The van der Waals surface area contributed by atoms with Gasteiger partial charge in [-0.25, -0.2) is 0 Å². The van der Waals surface area contributed by atoms with E-state index >= 15 is 0 Å². The molecule has 11 aromatic rings. The van der Waals surface area contributed by atoms with E-state index in [-0.39, 0.29) is 0 Å². The van der Waals surface area contributed by atoms with Crippen LogP contribution in [0.15, 0.2) is 261 Å². The van der Waals surface area contributed by atoms with E-state index in [1.807, 2.05) is 0 Å². The van der Waals surface area contributed by atoms with Crippen LogP contribution in [-0.4, -0.2) is 0 Å². The summed E-state index contributed by atoms with van der Waals surface area (Å²) in [6.45, 7) is 0. The summed E-state index contributed by atoms with van der Waals surface area (Å²) in [4.78, 5) is 2.42. The number of hydrogen-bond acceptors (Lipinski definition) is 2. The molecule has 1 heterocycles. The second-order valence-electron chi connectivity index (χ2n) is 19.0. The van der Waals surface area contributed by atoms with Crippen molar-refractivity contribution in [3.05, 3.63) is 289 Å². The van der Waals surface area contributed by atoms with E-state index in [0.717, 1.165) is 63.3 Å². The van der Waals surface area contributed by atoms with E-state index in [4.69, 9.17) is 4.74 Å². The van der Waals surface area contributed by atoms with Gasteiger partial charge < -0.3 is 9.64 Å². The molecule has 2 nitrogen and oxygen atoms in total. The number of anilines is 3. The van der Waals surface area contributed by atoms with Gasteiger partial charge in [0.25, 0.3) is 0 Å². The molecule has 0 saturated heterocycles. The van der Waals surface area contributed by atoms with E-state index in [9.17, 15) is 0 Å². The third kappa shape index (κ3) is 6.56. The van der Waals surface area contributed by atoms with Gasteiger partial charge in [-0.3, -0.25) is 0 Å². The summed E-state index contributed by atoms with van der Waals surface area (Å²) < 4.78 is 7.21. The van der Waals surface area contributed by atoms with Crippen LogP contribution in [0.25, 0.3) is 71.6 Å². The number of ether oxygens (including phenoxy) is 1. The Morgan fingerprint density at radius 3 is 1.61 bits per heavy atom. The number of rotatable bonds is 7. The molecule has 0 atom stereocenters. The fraction of sp³-hybridized carbons (Fsp3) is 0.0435. The summed E-state index contributed by atoms with van der Waals surface area (Å²) in [5.74, 6) is 1.86. The molecule has 71 heavy (non-hydrogen) atoms. The van der Waals surface area contributed by atoms with Gasteiger partial charge in [0, 0.05) is 39.0 Å². The Bertz CT molecular complexity index is 3870. The molecule has 0 N–H and O–H groups in total. The first-order valence-electron chi connectivity index (χ1n) is 24.8. The van der Waals surface area contributed by atoms with Crippen LogP contribution < -0.4 is 9.64 Å². The van der Waals surface area contributed by atoms with Gasteiger partial charge in [-0.1, -0.05) is 218 Å². The van der Waals surface area contributed by atoms with Gasteiger partial charge in [0.1, 0.15) is 11.5 Å². The molecule has 1 aliphatic heterocycles. The topological polar surface area (TPSA) is 12.5 Å². The third-order valence-corrected chi connectivity index (χ3v) is 15.1. The molecule has 2 heteroatoms. The molecule has 0 amide bonds. The summed E-state index contributed by atoms with van der Waals surface area (Å²) in [6, 6.07) is 89.3. The van der Waals surface area contributed by atoms with Gasteiger partial charge >= 0.3 is 0 Å². The minimum Gasteiger partial charge on any atom is -0.455 e. The lowest BCUT2D eigenvalue weighted by Gasteiger charge is -2.40. The highest BCUT2D eigenvalue weighted by molar-refractivity contribution is 6.00. The van der Waals surface area contributed by atoms with E-state index in [1.54, 1.807) is 0 Å². The first-order chi connectivity index (χ1) is 35.2. The Morgan fingerprint density at radius 1 is 0.338 bits per heavy atom. The minimum atomic E-state index is -0.599. The molecule has 1 spiro atoms. The zero-order chi connectivity index (χ0) is 46.9. The maximum Gasteiger partial charge on any atom is 0.140 e. The van der Waals surface area contributed by atoms with E-state index in [1.165, 1.54) is 77.5 Å². The largest absolute Gasteiger partial charge is 0.455 e. The van der Waals surface area contributed by atoms with Crippen molar-refractivity contribution in [1.29, 1.82) is 0 Å². The lowest BCUT2D eigenvalue weighted by Crippen LogP contribution is -2.32. The van der Waals surface area contributed by atoms with Crippen LogP contribution in [-0.2, 0) is 5.41 Å². The van der Waals surface area contributed by atoms with E-state index in [2.05, 4.69) is 266 Å². The molecule has 3 aliphatic rings. The molecular weight excluding hydrogens is 859 g/mol. The fourth-order valence-corrected chi connectivity index (χ4v) is 11.9. The first kappa shape index (κ1) is 41.0. The van der Waals surface area contributed by atoms with Gasteiger partial charge in [0.15, 0.2) is 0 Å². The standard InChI is InChI=1S/C69H47NO/c1-4-17-46(18-5-1)47-31-36-54(37-32-47)70(56-38-39-57(48-19-6-2-7-20-48)61(45-56)49-21-8-3-9-22-49)55-26-16-25-52(43-55)53-35-40-64-62(44-53)60-29-14-15-30-63(60)69(64)65-41-33-50-23-10-12-27-58(50)67(65)71-68-59-28-13-11-24-51(59)34-42-66(68)69/h2-4,6-45H,1,5H2. The molecule has 0 radical (unpaired) electrons. The van der Waals surface area contributed by atoms with Crippen molar-refractivity contribution < 1.29 is 4.74 Å².